The number of aromatic amines is 1. The first kappa shape index (κ1) is 14.4. The number of H-pyrrole nitrogens is 1. The molecule has 0 spiro atoms. The number of hydrogen-bond acceptors (Lipinski definition) is 3. The first-order chi connectivity index (χ1) is 9.31. The number of nitrogens with one attached hydrogen (secondary N) is 1. The van der Waals surface area contributed by atoms with E-state index in [4.69, 9.17) is 4.74 Å². The minimum Gasteiger partial charge on any atom is -0.497 e. The Kier molecular flexibility index (Phi) is 3.76. The predicted octanol–water partition coefficient (Wildman–Crippen LogP) is 3.97. The summed E-state index contributed by atoms with van der Waals surface area (Å²) in [5, 5.41) is 0. The van der Waals surface area contributed by atoms with E-state index in [0.717, 1.165) is 6.07 Å². The first-order valence-electron chi connectivity index (χ1n) is 5.34. The Morgan fingerprint density at radius 1 is 1.25 bits per heavy atom. The van der Waals surface area contributed by atoms with Crippen LogP contribution in [0.5, 0.6) is 5.75 Å². The van der Waals surface area contributed by atoms with Crippen LogP contribution in [0.3, 0.4) is 0 Å². The van der Waals surface area contributed by atoms with Gasteiger partial charge in [0.25, 0.3) is 0 Å². The molecule has 0 aliphatic rings. The number of halogens is 4. The van der Waals surface area contributed by atoms with Crippen LogP contribution in [0.1, 0.15) is 5.69 Å². The molecule has 0 amide bonds. The molecule has 1 aromatic carbocycles. The van der Waals surface area contributed by atoms with Gasteiger partial charge in [-0.05, 0) is 30.4 Å². The van der Waals surface area contributed by atoms with Crippen molar-refractivity contribution in [3.8, 4) is 17.0 Å². The molecular formula is C12H8F4N2OS. The highest BCUT2D eigenvalue weighted by molar-refractivity contribution is 7.71. The van der Waals surface area contributed by atoms with Crippen molar-refractivity contribution in [1.82, 2.24) is 9.97 Å². The minimum absolute atomic E-state index is 0.0867. The minimum atomic E-state index is -4.62. The molecule has 1 aromatic heterocycles. The van der Waals surface area contributed by atoms with Gasteiger partial charge in [0.05, 0.1) is 12.8 Å². The van der Waals surface area contributed by atoms with E-state index in [9.17, 15) is 17.6 Å². The van der Waals surface area contributed by atoms with Crippen molar-refractivity contribution in [3.63, 3.8) is 0 Å². The van der Waals surface area contributed by atoms with Gasteiger partial charge in [0.2, 0.25) is 0 Å². The highest BCUT2D eigenvalue weighted by Gasteiger charge is 2.32. The zero-order valence-corrected chi connectivity index (χ0v) is 10.9. The van der Waals surface area contributed by atoms with E-state index in [-0.39, 0.29) is 21.8 Å². The monoisotopic (exact) mass is 304 g/mol. The summed E-state index contributed by atoms with van der Waals surface area (Å²) in [6.07, 6.45) is -4.62. The summed E-state index contributed by atoms with van der Waals surface area (Å²) in [5.41, 5.74) is -1.36. The molecule has 0 atom stereocenters. The largest absolute Gasteiger partial charge is 0.497 e. The normalized spacial score (nSPS) is 11.4. The van der Waals surface area contributed by atoms with Crippen LogP contribution in [-0.2, 0) is 6.18 Å². The average molecular weight is 304 g/mol. The van der Waals surface area contributed by atoms with E-state index in [1.165, 1.54) is 19.2 Å². The molecule has 0 saturated carbocycles. The molecular weight excluding hydrogens is 296 g/mol. The molecule has 0 fully saturated rings. The molecule has 20 heavy (non-hydrogen) atoms. The Morgan fingerprint density at radius 2 is 1.95 bits per heavy atom. The fraction of sp³-hybridized carbons (Fsp3) is 0.167. The van der Waals surface area contributed by atoms with Gasteiger partial charge in [-0.2, -0.15) is 13.2 Å². The van der Waals surface area contributed by atoms with Crippen molar-refractivity contribution in [2.24, 2.45) is 0 Å². The molecule has 0 aliphatic heterocycles. The summed E-state index contributed by atoms with van der Waals surface area (Å²) < 4.78 is 56.3. The van der Waals surface area contributed by atoms with Gasteiger partial charge in [0, 0.05) is 11.6 Å². The van der Waals surface area contributed by atoms with Crippen LogP contribution in [0.2, 0.25) is 0 Å². The van der Waals surface area contributed by atoms with Crippen molar-refractivity contribution in [1.29, 1.82) is 0 Å². The van der Waals surface area contributed by atoms with Crippen LogP contribution in [0.15, 0.2) is 24.3 Å². The fourth-order valence-electron chi connectivity index (χ4n) is 1.58. The second-order valence-electron chi connectivity index (χ2n) is 3.83. The van der Waals surface area contributed by atoms with Crippen LogP contribution < -0.4 is 4.74 Å². The Morgan fingerprint density at radius 3 is 2.50 bits per heavy atom. The van der Waals surface area contributed by atoms with E-state index in [1.807, 2.05) is 4.98 Å². The first-order valence-corrected chi connectivity index (χ1v) is 5.74. The summed E-state index contributed by atoms with van der Waals surface area (Å²) in [5.74, 6) is -0.492. The second-order valence-corrected chi connectivity index (χ2v) is 4.22. The van der Waals surface area contributed by atoms with Gasteiger partial charge in [-0.15, -0.1) is 0 Å². The molecule has 0 unspecified atom stereocenters. The van der Waals surface area contributed by atoms with E-state index >= 15 is 0 Å². The molecule has 1 heterocycles. The van der Waals surface area contributed by atoms with Gasteiger partial charge in [-0.3, -0.25) is 0 Å². The summed E-state index contributed by atoms with van der Waals surface area (Å²) in [4.78, 5) is 5.64. The standard InChI is InChI=1S/C12H8F4N2OS/c1-19-6-2-3-7(8(13)4-6)9-5-10(12(14,15)16)18-11(20)17-9/h2-5H,1H3,(H,17,18,20). The topological polar surface area (TPSA) is 37.9 Å². The zero-order chi connectivity index (χ0) is 14.9. The number of hydrogen-bond donors (Lipinski definition) is 1. The van der Waals surface area contributed by atoms with E-state index < -0.39 is 17.7 Å². The molecule has 8 heteroatoms. The van der Waals surface area contributed by atoms with E-state index in [2.05, 4.69) is 17.2 Å². The van der Waals surface area contributed by atoms with Crippen LogP contribution in [0.4, 0.5) is 17.6 Å². The lowest BCUT2D eigenvalue weighted by Gasteiger charge is -2.09. The number of alkyl halides is 3. The number of nitrogens with zero attached hydrogens (tertiary/aromatic N) is 1. The summed E-state index contributed by atoms with van der Waals surface area (Å²) >= 11 is 4.63. The van der Waals surface area contributed by atoms with Gasteiger partial charge in [-0.1, -0.05) is 0 Å². The molecule has 0 radical (unpaired) electrons. The van der Waals surface area contributed by atoms with Crippen LogP contribution in [-0.4, -0.2) is 17.1 Å². The maximum Gasteiger partial charge on any atom is 0.431 e. The Bertz CT molecular complexity index is 697. The average Bonchev–Trinajstić information content (AvgIpc) is 2.36. The number of benzene rings is 1. The smallest absolute Gasteiger partial charge is 0.431 e. The van der Waals surface area contributed by atoms with E-state index in [1.54, 1.807) is 0 Å². The molecule has 0 aliphatic carbocycles. The Hall–Kier alpha value is -1.96. The van der Waals surface area contributed by atoms with Crippen molar-refractivity contribution in [3.05, 3.63) is 40.5 Å². The van der Waals surface area contributed by atoms with Gasteiger partial charge < -0.3 is 9.72 Å². The maximum absolute atomic E-state index is 13.8. The third kappa shape index (κ3) is 2.96. The second kappa shape index (κ2) is 5.20. The molecule has 2 aromatic rings. The van der Waals surface area contributed by atoms with Gasteiger partial charge in [0.15, 0.2) is 4.77 Å². The van der Waals surface area contributed by atoms with Crippen molar-refractivity contribution < 1.29 is 22.3 Å². The Labute approximate surface area is 116 Å². The molecule has 0 bridgehead atoms. The maximum atomic E-state index is 13.8. The molecule has 2 rings (SSSR count). The third-order valence-corrected chi connectivity index (χ3v) is 2.70. The van der Waals surface area contributed by atoms with Crippen LogP contribution in [0, 0.1) is 10.6 Å². The quantitative estimate of drug-likeness (QED) is 0.674. The molecule has 1 N–H and O–H groups in total. The lowest BCUT2D eigenvalue weighted by Crippen LogP contribution is -2.09. The summed E-state index contributed by atoms with van der Waals surface area (Å²) in [6, 6.07) is 4.48. The SMILES string of the molecule is COc1ccc(-c2cc(C(F)(F)F)[nH]c(=S)n2)c(F)c1. The number of rotatable bonds is 2. The van der Waals surface area contributed by atoms with Crippen molar-refractivity contribution in [2.45, 2.75) is 6.18 Å². The van der Waals surface area contributed by atoms with Crippen molar-refractivity contribution in [2.75, 3.05) is 7.11 Å². The summed E-state index contributed by atoms with van der Waals surface area (Å²) in [6.45, 7) is 0. The van der Waals surface area contributed by atoms with Gasteiger partial charge in [-0.25, -0.2) is 9.37 Å². The molecule has 3 nitrogen and oxygen atoms in total. The van der Waals surface area contributed by atoms with Crippen LogP contribution >= 0.6 is 12.2 Å². The number of methoxy groups -OCH3 is 1. The van der Waals surface area contributed by atoms with Gasteiger partial charge >= 0.3 is 6.18 Å². The van der Waals surface area contributed by atoms with Crippen molar-refractivity contribution >= 4 is 12.2 Å². The highest BCUT2D eigenvalue weighted by atomic mass is 32.1. The van der Waals surface area contributed by atoms with E-state index in [0.29, 0.717) is 6.07 Å². The predicted molar refractivity (Wildman–Crippen MR) is 66.4 cm³/mol. The lowest BCUT2D eigenvalue weighted by molar-refractivity contribution is -0.141. The number of aromatic nitrogens is 2. The molecule has 106 valence electrons. The zero-order valence-electron chi connectivity index (χ0n) is 10.1. The van der Waals surface area contributed by atoms with Crippen LogP contribution in [0.25, 0.3) is 11.3 Å². The highest BCUT2D eigenvalue weighted by Crippen LogP contribution is 2.31. The Balaban J connectivity index is 2.59. The summed E-state index contributed by atoms with van der Waals surface area (Å²) in [7, 11) is 1.35. The van der Waals surface area contributed by atoms with Gasteiger partial charge in [0.1, 0.15) is 17.3 Å². The number of ether oxygens (including phenoxy) is 1. The lowest BCUT2D eigenvalue weighted by atomic mass is 10.1. The fourth-order valence-corrected chi connectivity index (χ4v) is 1.79. The third-order valence-electron chi connectivity index (χ3n) is 2.50. The molecule has 0 saturated heterocycles.